The van der Waals surface area contributed by atoms with Gasteiger partial charge in [-0.1, -0.05) is 140 Å². The second-order valence-electron chi connectivity index (χ2n) is 17.1. The predicted octanol–water partition coefficient (Wildman–Crippen LogP) is 15.7. The largest absolute Gasteiger partial charge is 0.309 e. The Bertz CT molecular complexity index is 3950. The van der Waals surface area contributed by atoms with Crippen molar-refractivity contribution >= 4 is 65.4 Å². The molecule has 0 aliphatic rings. The van der Waals surface area contributed by atoms with E-state index in [1.807, 2.05) is 18.2 Å². The van der Waals surface area contributed by atoms with Crippen LogP contribution in [-0.2, 0) is 0 Å². The smallest absolute Gasteiger partial charge is 0.0998 e. The second kappa shape index (κ2) is 15.1. The van der Waals surface area contributed by atoms with Crippen LogP contribution in [0.3, 0.4) is 0 Å². The average Bonchev–Trinajstić information content (AvgIpc) is 4.04. The number of fused-ring (bicyclic) bond motifs is 9. The van der Waals surface area contributed by atoms with Gasteiger partial charge in [0.15, 0.2) is 0 Å². The fraction of sp³-hybridized carbons (Fsp3) is 0. The molecule has 0 saturated heterocycles. The molecule has 0 unspecified atom stereocenters. The van der Waals surface area contributed by atoms with Crippen LogP contribution in [0.25, 0.3) is 116 Å². The molecule has 0 atom stereocenters. The highest BCUT2D eigenvalue weighted by atomic mass is 15.0. The Morgan fingerprint density at radius 1 is 0.284 bits per heavy atom. The normalized spacial score (nSPS) is 11.6. The third-order valence-corrected chi connectivity index (χ3v) is 13.5. The zero-order chi connectivity index (χ0) is 44.6. The highest BCUT2D eigenvalue weighted by Gasteiger charge is 2.23. The topological polar surface area (TPSA) is 62.4 Å². The van der Waals surface area contributed by atoms with Crippen LogP contribution in [0.1, 0.15) is 11.1 Å². The first-order valence-electron chi connectivity index (χ1n) is 22.5. The van der Waals surface area contributed by atoms with E-state index in [-0.39, 0.29) is 0 Å². The van der Waals surface area contributed by atoms with Gasteiger partial charge in [0.1, 0.15) is 0 Å². The molecule has 67 heavy (non-hydrogen) atoms. The van der Waals surface area contributed by atoms with E-state index < -0.39 is 0 Å². The molecule has 0 saturated carbocycles. The van der Waals surface area contributed by atoms with Gasteiger partial charge in [0.25, 0.3) is 0 Å². The van der Waals surface area contributed by atoms with Crippen molar-refractivity contribution in [2.75, 3.05) is 0 Å². The minimum absolute atomic E-state index is 0.451. The van der Waals surface area contributed by atoms with E-state index in [4.69, 9.17) is 0 Å². The van der Waals surface area contributed by atoms with Gasteiger partial charge in [-0.05, 0) is 107 Å². The molecular formula is C62H37N5. The molecule has 3 aromatic heterocycles. The first-order valence-corrected chi connectivity index (χ1v) is 22.5. The molecule has 13 rings (SSSR count). The summed E-state index contributed by atoms with van der Waals surface area (Å²) >= 11 is 0. The van der Waals surface area contributed by atoms with Crippen molar-refractivity contribution in [3.05, 3.63) is 236 Å². The molecular weight excluding hydrogens is 815 g/mol. The van der Waals surface area contributed by atoms with Crippen LogP contribution in [-0.4, -0.2) is 13.7 Å². The van der Waals surface area contributed by atoms with E-state index in [1.165, 1.54) is 21.5 Å². The Kier molecular flexibility index (Phi) is 8.58. The summed E-state index contributed by atoms with van der Waals surface area (Å²) in [7, 11) is 0. The summed E-state index contributed by atoms with van der Waals surface area (Å²) in [6, 6.07) is 84.0. The van der Waals surface area contributed by atoms with Crippen LogP contribution in [0.15, 0.2) is 224 Å². The lowest BCUT2D eigenvalue weighted by Gasteiger charge is -2.20. The number of nitrogens with zero attached hydrogens (tertiary/aromatic N) is 5. The highest BCUT2D eigenvalue weighted by Crippen LogP contribution is 2.45. The molecule has 310 valence electrons. The summed E-state index contributed by atoms with van der Waals surface area (Å²) in [6.45, 7) is 0. The number of para-hydroxylation sites is 4. The van der Waals surface area contributed by atoms with E-state index in [0.29, 0.717) is 11.1 Å². The maximum absolute atomic E-state index is 10.5. The van der Waals surface area contributed by atoms with Gasteiger partial charge in [0, 0.05) is 54.8 Å². The van der Waals surface area contributed by atoms with Gasteiger partial charge in [-0.3, -0.25) is 0 Å². The lowest BCUT2D eigenvalue weighted by Crippen LogP contribution is -2.01. The van der Waals surface area contributed by atoms with Gasteiger partial charge in [0.05, 0.1) is 62.1 Å². The van der Waals surface area contributed by atoms with Crippen LogP contribution in [0.5, 0.6) is 0 Å². The van der Waals surface area contributed by atoms with E-state index in [9.17, 15) is 10.5 Å². The molecule has 3 heterocycles. The van der Waals surface area contributed by atoms with Gasteiger partial charge in [0.2, 0.25) is 0 Å². The maximum Gasteiger partial charge on any atom is 0.0998 e. The number of hydrogen-bond donors (Lipinski definition) is 0. The molecule has 0 fully saturated rings. The predicted molar refractivity (Wildman–Crippen MR) is 275 cm³/mol. The quantitative estimate of drug-likeness (QED) is 0.167. The van der Waals surface area contributed by atoms with E-state index >= 15 is 0 Å². The molecule has 0 radical (unpaired) electrons. The molecule has 13 aromatic rings. The second-order valence-corrected chi connectivity index (χ2v) is 17.1. The fourth-order valence-corrected chi connectivity index (χ4v) is 10.6. The Morgan fingerprint density at radius 3 is 1.18 bits per heavy atom. The van der Waals surface area contributed by atoms with Crippen LogP contribution >= 0.6 is 0 Å². The van der Waals surface area contributed by atoms with Crippen molar-refractivity contribution in [3.63, 3.8) is 0 Å². The summed E-state index contributed by atoms with van der Waals surface area (Å²) in [4.78, 5) is 0. The summed E-state index contributed by atoms with van der Waals surface area (Å²) in [6.07, 6.45) is 0. The fourth-order valence-electron chi connectivity index (χ4n) is 10.6. The Morgan fingerprint density at radius 2 is 0.716 bits per heavy atom. The van der Waals surface area contributed by atoms with Crippen molar-refractivity contribution in [3.8, 4) is 62.6 Å². The standard InChI is InChI=1S/C62H37N5/c63-38-40-27-30-46(43(33-40)39-64)53-36-52(42-17-5-2-6-18-42)62(37-51(53)41-15-3-1-4-16-41)67-60-31-28-44(65-56-23-11-7-19-47(56)48-20-8-12-24-57(48)65)34-54(60)55-35-45(29-32-61(55)67)66-58-25-13-9-21-49(58)50-22-10-14-26-59(50)66/h1-37H. The molecule has 0 aliphatic heterocycles. The molecule has 0 aliphatic carbocycles. The van der Waals surface area contributed by atoms with Gasteiger partial charge in [-0.2, -0.15) is 10.5 Å². The molecule has 5 heteroatoms. The van der Waals surface area contributed by atoms with E-state index in [2.05, 4.69) is 220 Å². The summed E-state index contributed by atoms with van der Waals surface area (Å²) in [5.74, 6) is 0. The summed E-state index contributed by atoms with van der Waals surface area (Å²) < 4.78 is 7.22. The van der Waals surface area contributed by atoms with Gasteiger partial charge in [-0.15, -0.1) is 0 Å². The monoisotopic (exact) mass is 851 g/mol. The third-order valence-electron chi connectivity index (χ3n) is 13.5. The Balaban J connectivity index is 1.16. The van der Waals surface area contributed by atoms with Crippen LogP contribution < -0.4 is 0 Å². The highest BCUT2D eigenvalue weighted by molar-refractivity contribution is 6.14. The zero-order valence-electron chi connectivity index (χ0n) is 36.1. The van der Waals surface area contributed by atoms with Crippen molar-refractivity contribution in [2.24, 2.45) is 0 Å². The minimum Gasteiger partial charge on any atom is -0.309 e. The lowest BCUT2D eigenvalue weighted by atomic mass is 9.87. The minimum atomic E-state index is 0.451. The number of rotatable bonds is 6. The summed E-state index contributed by atoms with van der Waals surface area (Å²) in [5, 5.41) is 27.5. The Hall–Kier alpha value is -9.42. The molecule has 0 N–H and O–H groups in total. The molecule has 5 nitrogen and oxygen atoms in total. The molecule has 0 bridgehead atoms. The van der Waals surface area contributed by atoms with Crippen LogP contribution in [0.2, 0.25) is 0 Å². The third kappa shape index (κ3) is 5.86. The van der Waals surface area contributed by atoms with Crippen LogP contribution in [0.4, 0.5) is 0 Å². The van der Waals surface area contributed by atoms with Crippen molar-refractivity contribution in [2.45, 2.75) is 0 Å². The molecule has 0 amide bonds. The summed E-state index contributed by atoms with van der Waals surface area (Å²) in [5.41, 5.74) is 16.6. The first-order chi connectivity index (χ1) is 33.2. The van der Waals surface area contributed by atoms with Crippen LogP contribution in [0, 0.1) is 22.7 Å². The first kappa shape index (κ1) is 38.1. The number of benzene rings is 10. The van der Waals surface area contributed by atoms with Gasteiger partial charge >= 0.3 is 0 Å². The maximum atomic E-state index is 10.5. The zero-order valence-corrected chi connectivity index (χ0v) is 36.1. The van der Waals surface area contributed by atoms with Gasteiger partial charge < -0.3 is 13.7 Å². The lowest BCUT2D eigenvalue weighted by molar-refractivity contribution is 1.16. The number of nitriles is 2. The molecule has 10 aromatic carbocycles. The van der Waals surface area contributed by atoms with Gasteiger partial charge in [-0.25, -0.2) is 0 Å². The molecule has 0 spiro atoms. The van der Waals surface area contributed by atoms with E-state index in [1.54, 1.807) is 12.1 Å². The van der Waals surface area contributed by atoms with Crippen molar-refractivity contribution in [1.82, 2.24) is 13.7 Å². The van der Waals surface area contributed by atoms with Crippen molar-refractivity contribution < 1.29 is 0 Å². The Labute approximate surface area is 386 Å². The SMILES string of the molecule is N#Cc1ccc(-c2cc(-c3ccccc3)c(-n3c4ccc(-n5c6ccccc6c6ccccc65)cc4c4cc(-n5c6ccccc6c6ccccc65)ccc43)cc2-c2ccccc2)c(C#N)c1. The van der Waals surface area contributed by atoms with E-state index in [0.717, 1.165) is 94.3 Å². The average molecular weight is 852 g/mol. The number of aromatic nitrogens is 3. The number of hydrogen-bond acceptors (Lipinski definition) is 2. The van der Waals surface area contributed by atoms with Crippen molar-refractivity contribution in [1.29, 1.82) is 10.5 Å².